The number of non-ortho nitro benzene ring substituents is 1. The highest BCUT2D eigenvalue weighted by Crippen LogP contribution is 2.33. The summed E-state index contributed by atoms with van der Waals surface area (Å²) in [6.45, 7) is 2.58. The lowest BCUT2D eigenvalue weighted by atomic mass is 10.2. The van der Waals surface area contributed by atoms with Crippen LogP contribution in [0.5, 0.6) is 0 Å². The second-order valence-electron chi connectivity index (χ2n) is 7.15. The zero-order chi connectivity index (χ0) is 24.8. The van der Waals surface area contributed by atoms with Crippen LogP contribution in [0, 0.1) is 10.1 Å². The highest BCUT2D eigenvalue weighted by atomic mass is 32.2. The molecule has 3 N–H and O–H groups in total. The molecule has 4 aromatic rings. The predicted octanol–water partition coefficient (Wildman–Crippen LogP) is 3.77. The van der Waals surface area contributed by atoms with E-state index in [2.05, 4.69) is 25.7 Å². The monoisotopic (exact) mass is 488 g/mol. The molecule has 0 radical (unpaired) electrons. The number of benzene rings is 2. The minimum absolute atomic E-state index is 0.108. The highest BCUT2D eigenvalue weighted by molar-refractivity contribution is 7.99. The first kappa shape index (κ1) is 23.6. The van der Waals surface area contributed by atoms with Crippen molar-refractivity contribution in [1.82, 2.24) is 25.2 Å². The molecule has 0 saturated heterocycles. The number of nitrogens with zero attached hydrogens (tertiary/aromatic N) is 6. The van der Waals surface area contributed by atoms with E-state index in [0.29, 0.717) is 33.7 Å². The molecule has 0 aliphatic carbocycles. The number of carbonyl (C=O) groups excluding carboxylic acids is 1. The van der Waals surface area contributed by atoms with E-state index in [-0.39, 0.29) is 11.3 Å². The lowest BCUT2D eigenvalue weighted by Gasteiger charge is -2.09. The molecule has 0 aliphatic rings. The molecule has 11 nitrogen and oxygen atoms in total. The van der Waals surface area contributed by atoms with Crippen LogP contribution in [0.2, 0.25) is 0 Å². The number of nitrogens with one attached hydrogen (secondary N) is 1. The topological polar surface area (TPSA) is 154 Å². The van der Waals surface area contributed by atoms with E-state index in [9.17, 15) is 14.9 Å². The number of nitrogens with two attached hydrogens (primary N) is 1. The lowest BCUT2D eigenvalue weighted by Crippen LogP contribution is -2.19. The van der Waals surface area contributed by atoms with Crippen molar-refractivity contribution in [3.05, 3.63) is 88.2 Å². The number of aromatic nitrogens is 4. The fourth-order valence-corrected chi connectivity index (χ4v) is 4.20. The second kappa shape index (κ2) is 10.6. The number of para-hydroxylation sites is 1. The maximum absolute atomic E-state index is 12.4. The van der Waals surface area contributed by atoms with E-state index in [1.807, 2.05) is 23.6 Å². The summed E-state index contributed by atoms with van der Waals surface area (Å²) in [4.78, 5) is 27.9. The molecule has 2 aromatic heterocycles. The summed E-state index contributed by atoms with van der Waals surface area (Å²) in [5, 5.41) is 24.5. The number of hydrazone groups is 1. The Morgan fingerprint density at radius 3 is 2.69 bits per heavy atom. The fraction of sp³-hybridized carbons (Fsp3) is 0.0870. The van der Waals surface area contributed by atoms with Crippen LogP contribution in [0.15, 0.2) is 82.1 Å². The average molecular weight is 489 g/mol. The van der Waals surface area contributed by atoms with Gasteiger partial charge in [0.15, 0.2) is 11.0 Å². The third-order valence-corrected chi connectivity index (χ3v) is 6.03. The normalized spacial score (nSPS) is 11.0. The molecule has 0 atom stereocenters. The number of nitro benzene ring substituents is 1. The molecule has 35 heavy (non-hydrogen) atoms. The molecule has 0 aliphatic heterocycles. The Balaban J connectivity index is 1.62. The second-order valence-corrected chi connectivity index (χ2v) is 8.16. The van der Waals surface area contributed by atoms with Gasteiger partial charge in [0, 0.05) is 52.8 Å². The third kappa shape index (κ3) is 5.33. The van der Waals surface area contributed by atoms with Crippen LogP contribution in [0.1, 0.15) is 22.8 Å². The molecule has 12 heteroatoms. The lowest BCUT2D eigenvalue weighted by molar-refractivity contribution is -0.384. The first-order chi connectivity index (χ1) is 17.0. The van der Waals surface area contributed by atoms with Crippen LogP contribution >= 0.6 is 11.8 Å². The van der Waals surface area contributed by atoms with Gasteiger partial charge in [0.05, 0.1) is 16.7 Å². The molecular weight excluding hydrogens is 468 g/mol. The zero-order valence-electron chi connectivity index (χ0n) is 18.5. The average Bonchev–Trinajstić information content (AvgIpc) is 3.28. The first-order valence-corrected chi connectivity index (χ1v) is 11.3. The van der Waals surface area contributed by atoms with Gasteiger partial charge in [-0.3, -0.25) is 19.9 Å². The van der Waals surface area contributed by atoms with Gasteiger partial charge in [0.1, 0.15) is 0 Å². The van der Waals surface area contributed by atoms with E-state index in [1.165, 1.54) is 30.1 Å². The zero-order valence-corrected chi connectivity index (χ0v) is 19.3. The summed E-state index contributed by atoms with van der Waals surface area (Å²) in [7, 11) is 0. The molecule has 4 rings (SSSR count). The smallest absolute Gasteiger partial charge is 0.273 e. The van der Waals surface area contributed by atoms with Crippen molar-refractivity contribution < 1.29 is 9.72 Å². The largest absolute Gasteiger partial charge is 0.398 e. The van der Waals surface area contributed by atoms with Gasteiger partial charge >= 0.3 is 0 Å². The molecule has 0 spiro atoms. The summed E-state index contributed by atoms with van der Waals surface area (Å²) in [6, 6.07) is 14.7. The molecule has 1 amide bonds. The Morgan fingerprint density at radius 2 is 1.97 bits per heavy atom. The molecular formula is C23H20N8O3S. The van der Waals surface area contributed by atoms with Gasteiger partial charge in [-0.15, -0.1) is 10.2 Å². The molecule has 176 valence electrons. The van der Waals surface area contributed by atoms with Crippen LogP contribution in [0.3, 0.4) is 0 Å². The van der Waals surface area contributed by atoms with E-state index in [4.69, 9.17) is 5.73 Å². The van der Waals surface area contributed by atoms with Crippen molar-refractivity contribution in [2.45, 2.75) is 23.5 Å². The van der Waals surface area contributed by atoms with Gasteiger partial charge < -0.3 is 10.3 Å². The Bertz CT molecular complexity index is 1410. The summed E-state index contributed by atoms with van der Waals surface area (Å²) in [5.74, 6) is 0.189. The van der Waals surface area contributed by atoms with Crippen molar-refractivity contribution in [2.24, 2.45) is 5.10 Å². The molecule has 2 heterocycles. The Hall–Kier alpha value is -4.58. The minimum atomic E-state index is -0.495. The number of carbonyl (C=O) groups is 1. The van der Waals surface area contributed by atoms with E-state index >= 15 is 0 Å². The quantitative estimate of drug-likeness (QED) is 0.164. The molecule has 0 bridgehead atoms. The number of amides is 1. The minimum Gasteiger partial charge on any atom is -0.398 e. The highest BCUT2D eigenvalue weighted by Gasteiger charge is 2.17. The van der Waals surface area contributed by atoms with Crippen molar-refractivity contribution in [3.8, 4) is 11.4 Å². The molecule has 0 fully saturated rings. The van der Waals surface area contributed by atoms with Gasteiger partial charge in [0.2, 0.25) is 0 Å². The maximum atomic E-state index is 12.4. The van der Waals surface area contributed by atoms with Gasteiger partial charge in [-0.1, -0.05) is 12.1 Å². The van der Waals surface area contributed by atoms with E-state index in [1.54, 1.807) is 42.7 Å². The van der Waals surface area contributed by atoms with Crippen LogP contribution in [0.4, 0.5) is 11.4 Å². The summed E-state index contributed by atoms with van der Waals surface area (Å²) < 4.78 is 1.93. The van der Waals surface area contributed by atoms with E-state index < -0.39 is 10.8 Å². The number of rotatable bonds is 8. The molecule has 0 unspecified atom stereocenters. The summed E-state index contributed by atoms with van der Waals surface area (Å²) >= 11 is 1.29. The standard InChI is InChI=1S/C23H20N8O3S/c1-2-30-21(15-9-11-25-12-10-15)27-29-23(30)35-20-8-7-17(31(33)34)13-16(20)14-26-28-22(32)18-5-3-4-6-19(18)24/h3-14H,2,24H2,1H3,(H,28,32)/b26-14-. The van der Waals surface area contributed by atoms with E-state index in [0.717, 1.165) is 5.56 Å². The van der Waals surface area contributed by atoms with Crippen molar-refractivity contribution in [2.75, 3.05) is 5.73 Å². The molecule has 0 saturated carbocycles. The Morgan fingerprint density at radius 1 is 1.20 bits per heavy atom. The molecule has 2 aromatic carbocycles. The fourth-order valence-electron chi connectivity index (χ4n) is 3.23. The van der Waals surface area contributed by atoms with Crippen LogP contribution in [0.25, 0.3) is 11.4 Å². The maximum Gasteiger partial charge on any atom is 0.273 e. The number of hydrogen-bond acceptors (Lipinski definition) is 9. The predicted molar refractivity (Wildman–Crippen MR) is 132 cm³/mol. The van der Waals surface area contributed by atoms with Crippen molar-refractivity contribution in [1.29, 1.82) is 0 Å². The third-order valence-electron chi connectivity index (χ3n) is 4.95. The van der Waals surface area contributed by atoms with Crippen molar-refractivity contribution in [3.63, 3.8) is 0 Å². The number of hydrogen-bond donors (Lipinski definition) is 2. The van der Waals surface area contributed by atoms with Crippen molar-refractivity contribution >= 4 is 35.3 Å². The summed E-state index contributed by atoms with van der Waals surface area (Å²) in [6.07, 6.45) is 4.71. The Kier molecular flexibility index (Phi) is 7.12. The summed E-state index contributed by atoms with van der Waals surface area (Å²) in [5.41, 5.74) is 10.0. The van der Waals surface area contributed by atoms with Crippen LogP contribution in [-0.2, 0) is 6.54 Å². The number of anilines is 1. The van der Waals surface area contributed by atoms with Crippen LogP contribution in [-0.4, -0.2) is 36.8 Å². The number of pyridine rings is 1. The van der Waals surface area contributed by atoms with Gasteiger partial charge in [0.25, 0.3) is 11.6 Å². The van der Waals surface area contributed by atoms with Gasteiger partial charge in [-0.25, -0.2) is 5.43 Å². The number of nitro groups is 1. The SMILES string of the molecule is CCn1c(Sc2ccc([N+](=O)[O-])cc2/C=N\NC(=O)c2ccccc2N)nnc1-c1ccncc1. The Labute approximate surface area is 204 Å². The number of nitrogen functional groups attached to an aromatic ring is 1. The van der Waals surface area contributed by atoms with Gasteiger partial charge in [-0.05, 0) is 49.0 Å². The van der Waals surface area contributed by atoms with Crippen LogP contribution < -0.4 is 11.2 Å². The first-order valence-electron chi connectivity index (χ1n) is 10.5. The van der Waals surface area contributed by atoms with Gasteiger partial charge in [-0.2, -0.15) is 5.10 Å².